The minimum absolute atomic E-state index is 0.0126. The molecule has 0 bridgehead atoms. The first-order valence-electron chi connectivity index (χ1n) is 10.4. The second-order valence-corrected chi connectivity index (χ2v) is 7.81. The monoisotopic (exact) mass is 503 g/mol. The molecule has 1 aliphatic rings. The number of ether oxygens (including phenoxy) is 2. The lowest BCUT2D eigenvalue weighted by molar-refractivity contribution is -0.137. The van der Waals surface area contributed by atoms with E-state index in [0.29, 0.717) is 0 Å². The Labute approximate surface area is 198 Å². The van der Waals surface area contributed by atoms with Crippen molar-refractivity contribution in [1.82, 2.24) is 19.3 Å². The highest BCUT2D eigenvalue weighted by Crippen LogP contribution is 2.36. The van der Waals surface area contributed by atoms with E-state index in [4.69, 9.17) is 14.0 Å². The van der Waals surface area contributed by atoms with Crippen LogP contribution in [0.5, 0.6) is 11.5 Å². The first kappa shape index (κ1) is 23.1. The van der Waals surface area contributed by atoms with E-state index in [1.807, 2.05) is 0 Å². The molecule has 36 heavy (non-hydrogen) atoms. The Bertz CT molecular complexity index is 1620. The molecular formula is C22H16F3N5O6. The van der Waals surface area contributed by atoms with Gasteiger partial charge in [0.2, 0.25) is 18.6 Å². The van der Waals surface area contributed by atoms with Crippen LogP contribution in [0.15, 0.2) is 50.5 Å². The molecule has 1 aliphatic heterocycles. The Morgan fingerprint density at radius 1 is 1.11 bits per heavy atom. The lowest BCUT2D eigenvalue weighted by Crippen LogP contribution is -2.42. The SMILES string of the molecule is Cc1noc(Cn2c(=O)c3cc4c(cc3n(CC(=O)Nc3ccccc3C(F)(F)F)c2=O)OCO4)n1. The normalized spacial score (nSPS) is 12.8. The molecule has 2 aromatic heterocycles. The molecule has 0 aliphatic carbocycles. The lowest BCUT2D eigenvalue weighted by Gasteiger charge is -2.16. The molecule has 4 aromatic rings. The van der Waals surface area contributed by atoms with E-state index in [1.54, 1.807) is 6.92 Å². The Balaban J connectivity index is 1.60. The van der Waals surface area contributed by atoms with Crippen molar-refractivity contribution in [3.63, 3.8) is 0 Å². The van der Waals surface area contributed by atoms with Crippen molar-refractivity contribution in [1.29, 1.82) is 0 Å². The van der Waals surface area contributed by atoms with Gasteiger partial charge in [0.25, 0.3) is 5.56 Å². The fraction of sp³-hybridized carbons (Fsp3) is 0.227. The van der Waals surface area contributed by atoms with Crippen LogP contribution in [0.1, 0.15) is 17.3 Å². The van der Waals surface area contributed by atoms with Gasteiger partial charge in [-0.25, -0.2) is 4.79 Å². The van der Waals surface area contributed by atoms with Crippen molar-refractivity contribution in [2.45, 2.75) is 26.2 Å². The highest BCUT2D eigenvalue weighted by molar-refractivity contribution is 5.93. The summed E-state index contributed by atoms with van der Waals surface area (Å²) in [5.74, 6) is -0.171. The molecule has 11 nitrogen and oxygen atoms in total. The van der Waals surface area contributed by atoms with Gasteiger partial charge in [0, 0.05) is 6.07 Å². The van der Waals surface area contributed by atoms with Crippen LogP contribution >= 0.6 is 0 Å². The van der Waals surface area contributed by atoms with Crippen LogP contribution in [0, 0.1) is 6.92 Å². The average Bonchev–Trinajstić information content (AvgIpc) is 3.46. The fourth-order valence-corrected chi connectivity index (χ4v) is 3.81. The number of carbonyl (C=O) groups excluding carboxylic acids is 1. The van der Waals surface area contributed by atoms with E-state index < -0.39 is 41.1 Å². The van der Waals surface area contributed by atoms with Gasteiger partial charge in [-0.15, -0.1) is 0 Å². The van der Waals surface area contributed by atoms with E-state index >= 15 is 0 Å². The Hall–Kier alpha value is -4.62. The number of nitrogens with zero attached hydrogens (tertiary/aromatic N) is 4. The number of amides is 1. The summed E-state index contributed by atoms with van der Waals surface area (Å²) in [5, 5.41) is 5.83. The molecule has 0 unspecified atom stereocenters. The van der Waals surface area contributed by atoms with Crippen LogP contribution in [-0.2, 0) is 24.1 Å². The number of alkyl halides is 3. The summed E-state index contributed by atoms with van der Waals surface area (Å²) in [6, 6.07) is 7.16. The number of benzene rings is 2. The number of aromatic nitrogens is 4. The summed E-state index contributed by atoms with van der Waals surface area (Å²) < 4.78 is 57.4. The summed E-state index contributed by atoms with van der Waals surface area (Å²) in [5.41, 5.74) is -3.12. The van der Waals surface area contributed by atoms with Crippen LogP contribution in [-0.4, -0.2) is 32.0 Å². The molecule has 186 valence electrons. The maximum Gasteiger partial charge on any atom is 0.418 e. The number of rotatable bonds is 5. The van der Waals surface area contributed by atoms with Crippen molar-refractivity contribution < 1.29 is 32.0 Å². The predicted octanol–water partition coefficient (Wildman–Crippen LogP) is 2.29. The average molecular weight is 503 g/mol. The smallest absolute Gasteiger partial charge is 0.418 e. The number of halogens is 3. The van der Waals surface area contributed by atoms with Crippen LogP contribution in [0.2, 0.25) is 0 Å². The molecule has 0 fully saturated rings. The maximum absolute atomic E-state index is 13.3. The molecule has 14 heteroatoms. The molecule has 1 N–H and O–H groups in total. The molecule has 0 saturated carbocycles. The highest BCUT2D eigenvalue weighted by Gasteiger charge is 2.33. The number of anilines is 1. The number of carbonyl (C=O) groups is 1. The minimum atomic E-state index is -4.71. The molecule has 0 saturated heterocycles. The van der Waals surface area contributed by atoms with Gasteiger partial charge in [-0.1, -0.05) is 17.3 Å². The first-order valence-corrected chi connectivity index (χ1v) is 10.4. The van der Waals surface area contributed by atoms with Gasteiger partial charge < -0.3 is 19.3 Å². The third-order valence-electron chi connectivity index (χ3n) is 5.39. The second kappa shape index (κ2) is 8.55. The molecule has 0 radical (unpaired) electrons. The zero-order chi connectivity index (χ0) is 25.6. The van der Waals surface area contributed by atoms with Crippen molar-refractivity contribution >= 4 is 22.5 Å². The largest absolute Gasteiger partial charge is 0.454 e. The predicted molar refractivity (Wildman–Crippen MR) is 117 cm³/mol. The fourth-order valence-electron chi connectivity index (χ4n) is 3.81. The van der Waals surface area contributed by atoms with Gasteiger partial charge in [-0.2, -0.15) is 18.2 Å². The van der Waals surface area contributed by atoms with Crippen molar-refractivity contribution in [3.05, 3.63) is 74.5 Å². The third kappa shape index (κ3) is 4.16. The van der Waals surface area contributed by atoms with Gasteiger partial charge in [-0.3, -0.25) is 18.7 Å². The van der Waals surface area contributed by atoms with Crippen molar-refractivity contribution in [3.8, 4) is 11.5 Å². The zero-order valence-electron chi connectivity index (χ0n) is 18.5. The minimum Gasteiger partial charge on any atom is -0.454 e. The quantitative estimate of drug-likeness (QED) is 0.439. The summed E-state index contributed by atoms with van der Waals surface area (Å²) >= 11 is 0. The maximum atomic E-state index is 13.3. The Morgan fingerprint density at radius 3 is 2.53 bits per heavy atom. The van der Waals surface area contributed by atoms with Crippen LogP contribution in [0.4, 0.5) is 18.9 Å². The number of aryl methyl sites for hydroxylation is 1. The van der Waals surface area contributed by atoms with E-state index in [2.05, 4.69) is 15.5 Å². The molecule has 3 heterocycles. The van der Waals surface area contributed by atoms with E-state index in [1.165, 1.54) is 24.3 Å². The third-order valence-corrected chi connectivity index (χ3v) is 5.39. The molecule has 0 atom stereocenters. The molecular weight excluding hydrogens is 487 g/mol. The summed E-state index contributed by atoms with van der Waals surface area (Å²) in [7, 11) is 0. The molecule has 2 aromatic carbocycles. The first-order chi connectivity index (χ1) is 17.1. The summed E-state index contributed by atoms with van der Waals surface area (Å²) in [6.07, 6.45) is -4.71. The van der Waals surface area contributed by atoms with Crippen LogP contribution in [0.3, 0.4) is 0 Å². The summed E-state index contributed by atoms with van der Waals surface area (Å²) in [4.78, 5) is 43.3. The number of hydrogen-bond donors (Lipinski definition) is 1. The van der Waals surface area contributed by atoms with E-state index in [9.17, 15) is 27.6 Å². The summed E-state index contributed by atoms with van der Waals surface area (Å²) in [6.45, 7) is 0.351. The van der Waals surface area contributed by atoms with Gasteiger partial charge in [0.05, 0.1) is 22.2 Å². The highest BCUT2D eigenvalue weighted by atomic mass is 19.4. The van der Waals surface area contributed by atoms with Gasteiger partial charge in [-0.05, 0) is 25.1 Å². The molecule has 0 spiro atoms. The van der Waals surface area contributed by atoms with Crippen molar-refractivity contribution in [2.24, 2.45) is 0 Å². The lowest BCUT2D eigenvalue weighted by atomic mass is 10.1. The van der Waals surface area contributed by atoms with Crippen LogP contribution < -0.4 is 26.0 Å². The topological polar surface area (TPSA) is 130 Å². The Kier molecular flexibility index (Phi) is 5.50. The van der Waals surface area contributed by atoms with Gasteiger partial charge >= 0.3 is 11.9 Å². The van der Waals surface area contributed by atoms with Gasteiger partial charge in [0.15, 0.2) is 17.3 Å². The van der Waals surface area contributed by atoms with Crippen LogP contribution in [0.25, 0.3) is 10.9 Å². The number of fused-ring (bicyclic) bond motifs is 2. The van der Waals surface area contributed by atoms with Gasteiger partial charge in [0.1, 0.15) is 13.1 Å². The Morgan fingerprint density at radius 2 is 1.83 bits per heavy atom. The van der Waals surface area contributed by atoms with Crippen molar-refractivity contribution in [2.75, 3.05) is 12.1 Å². The molecule has 1 amide bonds. The number of para-hydroxylation sites is 1. The molecule has 5 rings (SSSR count). The number of nitrogens with one attached hydrogen (secondary N) is 1. The van der Waals surface area contributed by atoms with E-state index in [-0.39, 0.29) is 47.5 Å². The standard InChI is InChI=1S/C22H16F3N5O6/c1-11-26-19(36-28-11)9-30-20(32)12-6-16-17(35-10-34-16)7-15(12)29(21(30)33)8-18(31)27-14-5-3-2-4-13(14)22(23,24)25/h2-7H,8-10H2,1H3,(H,27,31). The number of hydrogen-bond acceptors (Lipinski definition) is 8. The van der Waals surface area contributed by atoms with E-state index in [0.717, 1.165) is 21.3 Å². The zero-order valence-corrected chi connectivity index (χ0v) is 18.5. The second-order valence-electron chi connectivity index (χ2n) is 7.81.